The van der Waals surface area contributed by atoms with Gasteiger partial charge in [0.2, 0.25) is 0 Å². The molecule has 0 aliphatic heterocycles. The number of benzene rings is 3. The Bertz CT molecular complexity index is 1570. The lowest BCUT2D eigenvalue weighted by Crippen LogP contribution is -2.35. The number of hydrogen-bond donors (Lipinski definition) is 4. The number of nitrogens with two attached hydrogens (primary N) is 2. The summed E-state index contributed by atoms with van der Waals surface area (Å²) in [6.45, 7) is -0.0684. The zero-order chi connectivity index (χ0) is 33.0. The minimum atomic E-state index is -5.08. The molecule has 1 aromatic heterocycles. The van der Waals surface area contributed by atoms with E-state index in [1.807, 2.05) is 12.1 Å². The Morgan fingerprint density at radius 3 is 2.02 bits per heavy atom. The first kappa shape index (κ1) is 35.0. The van der Waals surface area contributed by atoms with E-state index >= 15 is 0 Å². The van der Waals surface area contributed by atoms with Crippen LogP contribution in [0, 0.1) is 0 Å². The van der Waals surface area contributed by atoms with Crippen LogP contribution in [-0.4, -0.2) is 65.9 Å². The van der Waals surface area contributed by atoms with Crippen molar-refractivity contribution in [3.63, 3.8) is 0 Å². The number of halogens is 3. The molecular weight excluding hydrogens is 609 g/mol. The van der Waals surface area contributed by atoms with E-state index in [-0.39, 0.29) is 10.9 Å². The Morgan fingerprint density at radius 1 is 0.932 bits per heavy atom. The number of primary amides is 1. The summed E-state index contributed by atoms with van der Waals surface area (Å²) in [7, 11) is 3.11. The summed E-state index contributed by atoms with van der Waals surface area (Å²) in [4.78, 5) is 48.9. The fourth-order valence-corrected chi connectivity index (χ4v) is 4.33. The van der Waals surface area contributed by atoms with Crippen LogP contribution in [0.1, 0.15) is 25.7 Å². The molecule has 0 aliphatic rings. The Balaban J connectivity index is 0.000000259. The molecule has 3 aromatic carbocycles. The summed E-state index contributed by atoms with van der Waals surface area (Å²) in [5, 5.41) is 16.4. The molecule has 2 amide bonds. The van der Waals surface area contributed by atoms with E-state index in [0.717, 1.165) is 10.3 Å². The van der Waals surface area contributed by atoms with Gasteiger partial charge >= 0.3 is 18.1 Å². The molecule has 0 bridgehead atoms. The lowest BCUT2D eigenvalue weighted by molar-refractivity contribution is -0.192. The number of hydrogen-bond acceptors (Lipinski definition) is 9. The number of anilines is 1. The van der Waals surface area contributed by atoms with Gasteiger partial charge in [-0.15, -0.1) is 11.3 Å². The quantitative estimate of drug-likeness (QED) is 0.220. The summed E-state index contributed by atoms with van der Waals surface area (Å²) in [6, 6.07) is 19.1. The molecule has 0 spiro atoms. The molecule has 0 unspecified atom stereocenters. The molecule has 6 N–H and O–H groups in total. The fourth-order valence-electron chi connectivity index (χ4n) is 3.40. The van der Waals surface area contributed by atoms with Crippen LogP contribution >= 0.6 is 11.3 Å². The number of alkyl halides is 3. The third kappa shape index (κ3) is 9.67. The van der Waals surface area contributed by atoms with E-state index in [1.165, 1.54) is 16.2 Å². The average Bonchev–Trinajstić information content (AvgIpc) is 3.46. The Labute approximate surface area is 252 Å². The number of thiazole rings is 1. The minimum Gasteiger partial charge on any atom is -0.495 e. The van der Waals surface area contributed by atoms with E-state index < -0.39 is 30.6 Å². The maximum Gasteiger partial charge on any atom is 0.490 e. The van der Waals surface area contributed by atoms with E-state index in [4.69, 9.17) is 35.9 Å². The summed E-state index contributed by atoms with van der Waals surface area (Å²) in [5.74, 6) is -3.49. The van der Waals surface area contributed by atoms with E-state index in [0.29, 0.717) is 34.8 Å². The predicted molar refractivity (Wildman–Crippen MR) is 155 cm³/mol. The van der Waals surface area contributed by atoms with Gasteiger partial charge in [-0.05, 0) is 42.0 Å². The summed E-state index contributed by atoms with van der Waals surface area (Å²) >= 11 is 1.20. The number of carbonyl (C=O) groups is 4. The molecule has 1 heterocycles. The third-order valence-corrected chi connectivity index (χ3v) is 6.46. The molecule has 234 valence electrons. The Kier molecular flexibility index (Phi) is 12.6. The number of methoxy groups -OCH3 is 2. The second-order valence-electron chi connectivity index (χ2n) is 8.36. The number of nitrogens with zero attached hydrogens (tertiary/aromatic N) is 2. The predicted octanol–water partition coefficient (Wildman–Crippen LogP) is 3.92. The van der Waals surface area contributed by atoms with Crippen molar-refractivity contribution < 1.29 is 52.0 Å². The number of amides is 2. The van der Waals surface area contributed by atoms with Crippen molar-refractivity contribution in [2.24, 2.45) is 11.5 Å². The van der Waals surface area contributed by atoms with E-state index in [9.17, 15) is 27.6 Å². The number of aromatic nitrogens is 1. The van der Waals surface area contributed by atoms with Gasteiger partial charge in [-0.1, -0.05) is 30.3 Å². The molecule has 0 atom stereocenters. The topological polar surface area (TPSA) is 195 Å². The highest BCUT2D eigenvalue weighted by Crippen LogP contribution is 2.36. The third-order valence-electron chi connectivity index (χ3n) is 5.38. The van der Waals surface area contributed by atoms with Crippen molar-refractivity contribution in [3.8, 4) is 11.5 Å². The van der Waals surface area contributed by atoms with Gasteiger partial charge < -0.3 is 31.2 Å². The fraction of sp³-hybridized carbons (Fsp3) is 0.179. The van der Waals surface area contributed by atoms with Crippen LogP contribution < -0.4 is 25.8 Å². The van der Waals surface area contributed by atoms with Gasteiger partial charge in [0.1, 0.15) is 28.3 Å². The SMILES string of the molecule is COc1ccc(OC)c2sc(C(N)=O)nc12.NCc1cccc(C(=O)N(CC(=O)O)c2ccccc2)c1.O=C(O)C(F)(F)F. The normalized spacial score (nSPS) is 10.4. The molecule has 4 aromatic rings. The molecule has 0 aliphatic carbocycles. The van der Waals surface area contributed by atoms with Crippen molar-refractivity contribution in [1.82, 2.24) is 4.98 Å². The van der Waals surface area contributed by atoms with Gasteiger partial charge in [0.05, 0.1) is 14.2 Å². The number of carboxylic acid groups (broad SMARTS) is 2. The second-order valence-corrected chi connectivity index (χ2v) is 9.36. The van der Waals surface area contributed by atoms with Crippen LogP contribution in [0.2, 0.25) is 0 Å². The average molecular weight is 637 g/mol. The number of para-hydroxylation sites is 1. The Morgan fingerprint density at radius 2 is 1.52 bits per heavy atom. The molecular formula is C28H27F3N4O8S. The first-order chi connectivity index (χ1) is 20.7. The summed E-state index contributed by atoms with van der Waals surface area (Å²) in [5.41, 5.74) is 13.1. The van der Waals surface area contributed by atoms with Crippen molar-refractivity contribution in [2.45, 2.75) is 12.7 Å². The van der Waals surface area contributed by atoms with Gasteiger partial charge in [-0.3, -0.25) is 19.3 Å². The highest BCUT2D eigenvalue weighted by molar-refractivity contribution is 7.20. The molecule has 16 heteroatoms. The first-order valence-corrected chi connectivity index (χ1v) is 13.0. The summed E-state index contributed by atoms with van der Waals surface area (Å²) < 4.78 is 42.8. The molecule has 12 nitrogen and oxygen atoms in total. The van der Waals surface area contributed by atoms with Crippen LogP contribution in [0.3, 0.4) is 0 Å². The molecule has 0 saturated carbocycles. The second kappa shape index (κ2) is 15.9. The first-order valence-electron chi connectivity index (χ1n) is 12.2. The van der Waals surface area contributed by atoms with E-state index in [2.05, 4.69) is 4.98 Å². The zero-order valence-corrected chi connectivity index (χ0v) is 24.0. The van der Waals surface area contributed by atoms with Crippen molar-refractivity contribution >= 4 is 51.0 Å². The standard InChI is InChI=1S/C16H16N2O3.C10H10N2O3S.C2HF3O2/c17-10-12-5-4-6-13(9-12)16(21)18(11-15(19)20)14-7-2-1-3-8-14;1-14-5-3-4-6(15-2)8-7(5)12-10(16-8)9(11)13;3-2(4,5)1(6)7/h1-9H,10-11,17H2,(H,19,20);3-4H,1-2H3,(H2,11,13);(H,6,7). The maximum atomic E-state index is 12.6. The number of carboxylic acids is 2. The highest BCUT2D eigenvalue weighted by atomic mass is 32.1. The number of aliphatic carboxylic acids is 2. The van der Waals surface area contributed by atoms with Crippen molar-refractivity contribution in [2.75, 3.05) is 25.7 Å². The van der Waals surface area contributed by atoms with Crippen molar-refractivity contribution in [3.05, 3.63) is 82.9 Å². The van der Waals surface area contributed by atoms with Gasteiger partial charge in [0.25, 0.3) is 11.8 Å². The smallest absolute Gasteiger partial charge is 0.490 e. The number of carbonyl (C=O) groups excluding carboxylic acids is 2. The van der Waals surface area contributed by atoms with Crippen LogP contribution in [0.5, 0.6) is 11.5 Å². The maximum absolute atomic E-state index is 12.6. The molecule has 0 fully saturated rings. The largest absolute Gasteiger partial charge is 0.495 e. The van der Waals surface area contributed by atoms with Gasteiger partial charge in [-0.2, -0.15) is 13.2 Å². The number of rotatable bonds is 8. The zero-order valence-electron chi connectivity index (χ0n) is 23.2. The molecule has 4 rings (SSSR count). The number of fused-ring (bicyclic) bond motifs is 1. The van der Waals surface area contributed by atoms with Gasteiger partial charge in [0.15, 0.2) is 5.01 Å². The van der Waals surface area contributed by atoms with E-state index in [1.54, 1.807) is 68.8 Å². The van der Waals surface area contributed by atoms with Gasteiger partial charge in [0, 0.05) is 17.8 Å². The lowest BCUT2D eigenvalue weighted by Gasteiger charge is -2.21. The minimum absolute atomic E-state index is 0.248. The molecule has 0 radical (unpaired) electrons. The van der Waals surface area contributed by atoms with Crippen LogP contribution in [-0.2, 0) is 16.1 Å². The molecule has 44 heavy (non-hydrogen) atoms. The van der Waals surface area contributed by atoms with Gasteiger partial charge in [-0.25, -0.2) is 9.78 Å². The van der Waals surface area contributed by atoms with Crippen LogP contribution in [0.15, 0.2) is 66.7 Å². The Hall–Kier alpha value is -5.22. The monoisotopic (exact) mass is 636 g/mol. The van der Waals surface area contributed by atoms with Crippen LogP contribution in [0.25, 0.3) is 10.2 Å². The summed E-state index contributed by atoms with van der Waals surface area (Å²) in [6.07, 6.45) is -5.08. The molecule has 0 saturated heterocycles. The lowest BCUT2D eigenvalue weighted by atomic mass is 10.1. The van der Waals surface area contributed by atoms with Crippen LogP contribution in [0.4, 0.5) is 18.9 Å². The van der Waals surface area contributed by atoms with Crippen molar-refractivity contribution in [1.29, 1.82) is 0 Å². The number of ether oxygens (including phenoxy) is 2. The highest BCUT2D eigenvalue weighted by Gasteiger charge is 2.38.